The molecule has 28 heavy (non-hydrogen) atoms. The highest BCUT2D eigenvalue weighted by Crippen LogP contribution is 2.33. The van der Waals surface area contributed by atoms with E-state index in [2.05, 4.69) is 33.4 Å². The molecule has 0 spiro atoms. The fourth-order valence-corrected chi connectivity index (χ4v) is 4.20. The van der Waals surface area contributed by atoms with Gasteiger partial charge in [0.2, 0.25) is 0 Å². The second-order valence-corrected chi connectivity index (χ2v) is 8.28. The zero-order chi connectivity index (χ0) is 19.9. The number of carbonyl (C=O) groups is 1. The first-order valence-corrected chi connectivity index (χ1v) is 10.6. The minimum absolute atomic E-state index is 0.635. The van der Waals surface area contributed by atoms with Crippen LogP contribution in [0.25, 0.3) is 6.08 Å². The lowest BCUT2D eigenvalue weighted by molar-refractivity contribution is -0.131. The quantitative estimate of drug-likeness (QED) is 0.280. The van der Waals surface area contributed by atoms with Crippen LogP contribution in [-0.4, -0.2) is 11.1 Å². The number of aliphatic carboxylic acids is 1. The molecule has 3 nitrogen and oxygen atoms in total. The van der Waals surface area contributed by atoms with Crippen molar-refractivity contribution in [3.63, 3.8) is 0 Å². The predicted octanol–water partition coefficient (Wildman–Crippen LogP) is 7.24. The van der Waals surface area contributed by atoms with Crippen LogP contribution in [0.15, 0.2) is 82.2 Å². The van der Waals surface area contributed by atoms with Crippen molar-refractivity contribution in [1.82, 2.24) is 0 Å². The number of hydrogen-bond donors (Lipinski definition) is 2. The first-order valence-electron chi connectivity index (χ1n) is 8.45. The highest BCUT2D eigenvalue weighted by atomic mass is 79.9. The summed E-state index contributed by atoms with van der Waals surface area (Å²) in [6.07, 6.45) is 2.74. The summed E-state index contributed by atoms with van der Waals surface area (Å²) in [5.74, 6) is -0.140. The summed E-state index contributed by atoms with van der Waals surface area (Å²) in [6.45, 7) is 0. The molecule has 3 aromatic carbocycles. The van der Waals surface area contributed by atoms with Gasteiger partial charge in [0.25, 0.3) is 0 Å². The van der Waals surface area contributed by atoms with E-state index >= 15 is 0 Å². The van der Waals surface area contributed by atoms with E-state index in [1.165, 1.54) is 5.56 Å². The van der Waals surface area contributed by atoms with Gasteiger partial charge in [0.05, 0.1) is 5.69 Å². The lowest BCUT2D eigenvalue weighted by Crippen LogP contribution is -1.95. The minimum atomic E-state index is -0.985. The van der Waals surface area contributed by atoms with Gasteiger partial charge in [-0.3, -0.25) is 0 Å². The zero-order valence-corrected chi connectivity index (χ0v) is 17.9. The first-order chi connectivity index (χ1) is 13.5. The molecule has 0 heterocycles. The van der Waals surface area contributed by atoms with Crippen LogP contribution in [-0.2, 0) is 10.5 Å². The molecule has 6 heteroatoms. The maximum Gasteiger partial charge on any atom is 0.328 e. The van der Waals surface area contributed by atoms with Gasteiger partial charge < -0.3 is 10.4 Å². The Kier molecular flexibility index (Phi) is 7.20. The van der Waals surface area contributed by atoms with E-state index in [4.69, 9.17) is 16.7 Å². The maximum atomic E-state index is 11.0. The number of rotatable bonds is 7. The molecule has 142 valence electrons. The highest BCUT2D eigenvalue weighted by Gasteiger charge is 2.07. The van der Waals surface area contributed by atoms with E-state index in [0.29, 0.717) is 5.02 Å². The fraction of sp³-hybridized carbons (Fsp3) is 0.0455. The Morgan fingerprint density at radius 2 is 1.82 bits per heavy atom. The SMILES string of the molecule is O=C(O)C=Cc1cc(SCc2ccccc2)ccc1Nc1ccc(Cl)cc1Br. The molecule has 0 aromatic heterocycles. The van der Waals surface area contributed by atoms with Crippen LogP contribution in [0.1, 0.15) is 11.1 Å². The van der Waals surface area contributed by atoms with Crippen LogP contribution in [0.3, 0.4) is 0 Å². The predicted molar refractivity (Wildman–Crippen MR) is 122 cm³/mol. The molecule has 2 N–H and O–H groups in total. The van der Waals surface area contributed by atoms with Gasteiger partial charge >= 0.3 is 5.97 Å². The Morgan fingerprint density at radius 1 is 1.07 bits per heavy atom. The summed E-state index contributed by atoms with van der Waals surface area (Å²) in [5.41, 5.74) is 3.69. The van der Waals surface area contributed by atoms with Crippen LogP contribution >= 0.6 is 39.3 Å². The Bertz CT molecular complexity index is 1010. The van der Waals surface area contributed by atoms with Crippen LogP contribution in [0.5, 0.6) is 0 Å². The molecule has 3 aromatic rings. The summed E-state index contributed by atoms with van der Waals surface area (Å²) in [7, 11) is 0. The standard InChI is InChI=1S/C22H17BrClNO2S/c23-19-13-17(24)7-9-21(19)25-20-10-8-18(12-16(20)6-11-22(26)27)28-14-15-4-2-1-3-5-15/h1-13,25H,14H2,(H,26,27). The van der Waals surface area contributed by atoms with Gasteiger partial charge in [-0.15, -0.1) is 11.8 Å². The number of carboxylic acid groups (broad SMARTS) is 1. The van der Waals surface area contributed by atoms with Crippen molar-refractivity contribution in [2.75, 3.05) is 5.32 Å². The third-order valence-corrected chi connectivity index (χ3v) is 5.83. The van der Waals surface area contributed by atoms with Gasteiger partial charge in [-0.25, -0.2) is 4.79 Å². The van der Waals surface area contributed by atoms with Crippen molar-refractivity contribution in [3.05, 3.63) is 93.4 Å². The molecule has 0 saturated carbocycles. The smallest absolute Gasteiger partial charge is 0.328 e. The van der Waals surface area contributed by atoms with Gasteiger partial charge in [-0.2, -0.15) is 0 Å². The summed E-state index contributed by atoms with van der Waals surface area (Å²) in [5, 5.41) is 13.0. The number of anilines is 2. The summed E-state index contributed by atoms with van der Waals surface area (Å²) in [6, 6.07) is 21.7. The van der Waals surface area contributed by atoms with E-state index in [9.17, 15) is 4.79 Å². The molecule has 3 rings (SSSR count). The second kappa shape index (κ2) is 9.82. The number of halogens is 2. The summed E-state index contributed by atoms with van der Waals surface area (Å²) >= 11 is 11.2. The third kappa shape index (κ3) is 5.89. The van der Waals surface area contributed by atoms with Crippen LogP contribution in [0.2, 0.25) is 5.02 Å². The number of carboxylic acids is 1. The molecule has 0 aliphatic carbocycles. The first kappa shape index (κ1) is 20.5. The lowest BCUT2D eigenvalue weighted by atomic mass is 10.1. The average molecular weight is 475 g/mol. The van der Waals surface area contributed by atoms with Gasteiger partial charge in [-0.1, -0.05) is 41.9 Å². The normalized spacial score (nSPS) is 10.9. The maximum absolute atomic E-state index is 11.0. The molecule has 0 unspecified atom stereocenters. The van der Waals surface area contributed by atoms with Crippen LogP contribution < -0.4 is 5.32 Å². The molecule has 0 aliphatic heterocycles. The second-order valence-electron chi connectivity index (χ2n) is 5.94. The molecule has 0 aliphatic rings. The van der Waals surface area contributed by atoms with Crippen molar-refractivity contribution >= 4 is 62.7 Å². The monoisotopic (exact) mass is 473 g/mol. The Morgan fingerprint density at radius 3 is 2.54 bits per heavy atom. The third-order valence-electron chi connectivity index (χ3n) is 3.88. The highest BCUT2D eigenvalue weighted by molar-refractivity contribution is 9.10. The minimum Gasteiger partial charge on any atom is -0.478 e. The number of nitrogens with one attached hydrogen (secondary N) is 1. The van der Waals surface area contributed by atoms with E-state index < -0.39 is 5.97 Å². The van der Waals surface area contributed by atoms with Gasteiger partial charge in [-0.05, 0) is 69.5 Å². The van der Waals surface area contributed by atoms with Gasteiger partial charge in [0.15, 0.2) is 0 Å². The van der Waals surface area contributed by atoms with Crippen molar-refractivity contribution in [2.45, 2.75) is 10.6 Å². The Labute approximate surface area is 181 Å². The molecule has 0 saturated heterocycles. The van der Waals surface area contributed by atoms with Gasteiger partial charge in [0.1, 0.15) is 0 Å². The summed E-state index contributed by atoms with van der Waals surface area (Å²) < 4.78 is 0.829. The van der Waals surface area contributed by atoms with Gasteiger partial charge in [0, 0.05) is 31.9 Å². The molecule has 0 amide bonds. The molecule has 0 atom stereocenters. The lowest BCUT2D eigenvalue weighted by Gasteiger charge is -2.13. The molecule has 0 bridgehead atoms. The Hall–Kier alpha value is -2.21. The van der Waals surface area contributed by atoms with Crippen molar-refractivity contribution in [3.8, 4) is 0 Å². The molecular weight excluding hydrogens is 458 g/mol. The van der Waals surface area contributed by atoms with Crippen molar-refractivity contribution in [1.29, 1.82) is 0 Å². The van der Waals surface area contributed by atoms with Crippen LogP contribution in [0.4, 0.5) is 11.4 Å². The number of hydrogen-bond acceptors (Lipinski definition) is 3. The van der Waals surface area contributed by atoms with Crippen LogP contribution in [0, 0.1) is 0 Å². The van der Waals surface area contributed by atoms with E-state index in [0.717, 1.165) is 38.1 Å². The van der Waals surface area contributed by atoms with E-state index in [1.54, 1.807) is 30.0 Å². The van der Waals surface area contributed by atoms with E-state index in [1.807, 2.05) is 42.5 Å². The topological polar surface area (TPSA) is 49.3 Å². The fourth-order valence-electron chi connectivity index (χ4n) is 2.52. The van der Waals surface area contributed by atoms with E-state index in [-0.39, 0.29) is 0 Å². The Balaban J connectivity index is 1.85. The molecular formula is C22H17BrClNO2S. The van der Waals surface area contributed by atoms with Crippen molar-refractivity contribution < 1.29 is 9.90 Å². The summed E-state index contributed by atoms with van der Waals surface area (Å²) in [4.78, 5) is 12.1. The average Bonchev–Trinajstić information content (AvgIpc) is 2.68. The largest absolute Gasteiger partial charge is 0.478 e. The molecule has 0 radical (unpaired) electrons. The number of thioether (sulfide) groups is 1. The number of benzene rings is 3. The van der Waals surface area contributed by atoms with Crippen molar-refractivity contribution in [2.24, 2.45) is 0 Å². The molecule has 0 fully saturated rings. The zero-order valence-electron chi connectivity index (χ0n) is 14.7.